The topological polar surface area (TPSA) is 43.1 Å². The summed E-state index contributed by atoms with van der Waals surface area (Å²) in [6.45, 7) is 0. The lowest BCUT2D eigenvalue weighted by atomic mass is 10.1. The van der Waals surface area contributed by atoms with E-state index in [1.54, 1.807) is 30.3 Å². The molecule has 0 aliphatic heterocycles. The van der Waals surface area contributed by atoms with Gasteiger partial charge in [-0.1, -0.05) is 29.8 Å². The molecule has 2 rings (SSSR count). The Kier molecular flexibility index (Phi) is 4.53. The maximum absolute atomic E-state index is 13.5. The fourth-order valence-electron chi connectivity index (χ4n) is 1.72. The molecule has 102 valence electrons. The molecule has 4 heteroatoms. The number of halogens is 2. The van der Waals surface area contributed by atoms with Crippen molar-refractivity contribution in [1.29, 1.82) is 0 Å². The molecule has 0 unspecified atom stereocenters. The van der Waals surface area contributed by atoms with Crippen LogP contribution >= 0.6 is 11.6 Å². The summed E-state index contributed by atoms with van der Waals surface area (Å²) in [5, 5.41) is 0.414. The van der Waals surface area contributed by atoms with Gasteiger partial charge >= 0.3 is 0 Å². The highest BCUT2D eigenvalue weighted by molar-refractivity contribution is 6.30. The highest BCUT2D eigenvalue weighted by Crippen LogP contribution is 2.16. The predicted octanol–water partition coefficient (Wildman–Crippen LogP) is 3.89. The monoisotopic (exact) mass is 289 g/mol. The minimum absolute atomic E-state index is 0.0160. The molecule has 0 radical (unpaired) electrons. The van der Waals surface area contributed by atoms with E-state index in [1.807, 2.05) is 0 Å². The molecule has 0 aromatic heterocycles. The van der Waals surface area contributed by atoms with E-state index in [1.165, 1.54) is 24.3 Å². The Labute approximate surface area is 121 Å². The van der Waals surface area contributed by atoms with E-state index in [9.17, 15) is 9.18 Å². The van der Waals surface area contributed by atoms with Gasteiger partial charge < -0.3 is 5.73 Å². The summed E-state index contributed by atoms with van der Waals surface area (Å²) in [6.07, 6.45) is 3.08. The van der Waals surface area contributed by atoms with Crippen molar-refractivity contribution in [2.45, 2.75) is 6.42 Å². The van der Waals surface area contributed by atoms with Crippen molar-refractivity contribution < 1.29 is 9.18 Å². The number of rotatable bonds is 4. The molecule has 0 atom stereocenters. The Bertz CT molecular complexity index is 650. The van der Waals surface area contributed by atoms with E-state index in [4.69, 9.17) is 17.3 Å². The van der Waals surface area contributed by atoms with Crippen molar-refractivity contribution >= 4 is 29.1 Å². The van der Waals surface area contributed by atoms with Crippen LogP contribution in [0.4, 0.5) is 10.1 Å². The van der Waals surface area contributed by atoms with Crippen LogP contribution < -0.4 is 5.73 Å². The first-order valence-electron chi connectivity index (χ1n) is 6.05. The fraction of sp³-hybridized carbons (Fsp3) is 0.0625. The maximum Gasteiger partial charge on any atom is 0.160 e. The van der Waals surface area contributed by atoms with Crippen LogP contribution in [0.5, 0.6) is 0 Å². The lowest BCUT2D eigenvalue weighted by Crippen LogP contribution is -2.01. The molecule has 0 saturated heterocycles. The molecule has 0 spiro atoms. The van der Waals surface area contributed by atoms with Crippen molar-refractivity contribution in [1.82, 2.24) is 0 Å². The van der Waals surface area contributed by atoms with Gasteiger partial charge in [0.2, 0.25) is 0 Å². The maximum atomic E-state index is 13.5. The molecule has 0 amide bonds. The zero-order chi connectivity index (χ0) is 14.5. The van der Waals surface area contributed by atoms with Crippen molar-refractivity contribution in [2.75, 3.05) is 5.73 Å². The van der Waals surface area contributed by atoms with E-state index in [2.05, 4.69) is 0 Å². The smallest absolute Gasteiger partial charge is 0.160 e. The van der Waals surface area contributed by atoms with Gasteiger partial charge in [0, 0.05) is 17.1 Å². The van der Waals surface area contributed by atoms with Gasteiger partial charge in [-0.3, -0.25) is 4.79 Å². The van der Waals surface area contributed by atoms with Crippen LogP contribution in [0.15, 0.2) is 48.5 Å². The van der Waals surface area contributed by atoms with Gasteiger partial charge in [-0.2, -0.15) is 0 Å². The molecule has 2 aromatic carbocycles. The molecule has 0 heterocycles. The highest BCUT2D eigenvalue weighted by atomic mass is 35.5. The van der Waals surface area contributed by atoms with Gasteiger partial charge in [-0.05, 0) is 47.5 Å². The number of nitrogens with two attached hydrogens (primary N) is 1. The molecular formula is C16H13ClFNO. The van der Waals surface area contributed by atoms with Gasteiger partial charge in [-0.15, -0.1) is 0 Å². The zero-order valence-corrected chi connectivity index (χ0v) is 11.4. The Morgan fingerprint density at radius 1 is 1.20 bits per heavy atom. The van der Waals surface area contributed by atoms with Crippen molar-refractivity contribution in [3.8, 4) is 0 Å². The first-order valence-corrected chi connectivity index (χ1v) is 6.43. The second kappa shape index (κ2) is 6.35. The number of benzene rings is 2. The number of hydrogen-bond donors (Lipinski definition) is 1. The van der Waals surface area contributed by atoms with Crippen LogP contribution in [0.1, 0.15) is 11.1 Å². The number of ketones is 1. The summed E-state index contributed by atoms with van der Waals surface area (Å²) < 4.78 is 13.5. The number of nitrogen functional groups attached to an aromatic ring is 1. The van der Waals surface area contributed by atoms with Crippen LogP contribution in [0.2, 0.25) is 5.02 Å². The quantitative estimate of drug-likeness (QED) is 0.685. The average Bonchev–Trinajstić information content (AvgIpc) is 2.42. The Morgan fingerprint density at radius 3 is 2.60 bits per heavy atom. The van der Waals surface area contributed by atoms with Crippen molar-refractivity contribution in [3.63, 3.8) is 0 Å². The van der Waals surface area contributed by atoms with Crippen molar-refractivity contribution in [2.24, 2.45) is 0 Å². The van der Waals surface area contributed by atoms with E-state index >= 15 is 0 Å². The third kappa shape index (κ3) is 3.93. The molecule has 0 bridgehead atoms. The molecule has 0 saturated carbocycles. The SMILES string of the molecule is Nc1ccc(/C=C/C(=O)Cc2cc(Cl)ccc2F)cc1. The lowest BCUT2D eigenvalue weighted by molar-refractivity contribution is -0.114. The van der Waals surface area contributed by atoms with Crippen molar-refractivity contribution in [3.05, 3.63) is 70.5 Å². The van der Waals surface area contributed by atoms with E-state index in [0.29, 0.717) is 16.3 Å². The van der Waals surface area contributed by atoms with Crippen LogP contribution in [0, 0.1) is 5.82 Å². The molecule has 0 aliphatic carbocycles. The molecule has 2 aromatic rings. The van der Waals surface area contributed by atoms with Gasteiger partial charge in [0.25, 0.3) is 0 Å². The largest absolute Gasteiger partial charge is 0.399 e. The van der Waals surface area contributed by atoms with Crippen LogP contribution in [0.3, 0.4) is 0 Å². The minimum Gasteiger partial charge on any atom is -0.399 e. The van der Waals surface area contributed by atoms with Crippen LogP contribution in [-0.4, -0.2) is 5.78 Å². The standard InChI is InChI=1S/C16H13ClFNO/c17-13-4-8-16(18)12(9-13)10-15(20)7-3-11-1-5-14(19)6-2-11/h1-9H,10,19H2/b7-3+. The first-order chi connectivity index (χ1) is 9.54. The Hall–Kier alpha value is -2.13. The molecule has 0 fully saturated rings. The molecule has 2 nitrogen and oxygen atoms in total. The summed E-state index contributed by atoms with van der Waals surface area (Å²) in [5.74, 6) is -0.619. The third-order valence-electron chi connectivity index (χ3n) is 2.77. The van der Waals surface area contributed by atoms with E-state index < -0.39 is 5.82 Å². The number of allylic oxidation sites excluding steroid dienone is 1. The highest BCUT2D eigenvalue weighted by Gasteiger charge is 2.06. The summed E-state index contributed by atoms with van der Waals surface area (Å²) in [7, 11) is 0. The van der Waals surface area contributed by atoms with Gasteiger partial charge in [0.1, 0.15) is 5.82 Å². The Morgan fingerprint density at radius 2 is 1.90 bits per heavy atom. The normalized spacial score (nSPS) is 10.9. The number of anilines is 1. The molecular weight excluding hydrogens is 277 g/mol. The summed E-state index contributed by atoms with van der Waals surface area (Å²) in [6, 6.07) is 11.3. The second-order valence-electron chi connectivity index (χ2n) is 4.38. The van der Waals surface area contributed by atoms with E-state index in [-0.39, 0.29) is 12.2 Å². The van der Waals surface area contributed by atoms with Gasteiger partial charge in [0.15, 0.2) is 5.78 Å². The number of carbonyl (C=O) groups is 1. The minimum atomic E-state index is -0.427. The van der Waals surface area contributed by atoms with Crippen LogP contribution in [-0.2, 0) is 11.2 Å². The third-order valence-corrected chi connectivity index (χ3v) is 3.01. The van der Waals surface area contributed by atoms with Crippen LogP contribution in [0.25, 0.3) is 6.08 Å². The van der Waals surface area contributed by atoms with Gasteiger partial charge in [-0.25, -0.2) is 4.39 Å². The Balaban J connectivity index is 2.05. The zero-order valence-electron chi connectivity index (χ0n) is 10.6. The molecule has 2 N–H and O–H groups in total. The predicted molar refractivity (Wildman–Crippen MR) is 80.0 cm³/mol. The second-order valence-corrected chi connectivity index (χ2v) is 4.82. The molecule has 0 aliphatic rings. The fourth-order valence-corrected chi connectivity index (χ4v) is 1.92. The number of hydrogen-bond acceptors (Lipinski definition) is 2. The van der Waals surface area contributed by atoms with E-state index in [0.717, 1.165) is 5.56 Å². The number of carbonyl (C=O) groups excluding carboxylic acids is 1. The summed E-state index contributed by atoms with van der Waals surface area (Å²) in [4.78, 5) is 11.8. The van der Waals surface area contributed by atoms with Gasteiger partial charge in [0.05, 0.1) is 0 Å². The summed E-state index contributed by atoms with van der Waals surface area (Å²) in [5.41, 5.74) is 7.39. The lowest BCUT2D eigenvalue weighted by Gasteiger charge is -2.01. The summed E-state index contributed by atoms with van der Waals surface area (Å²) >= 11 is 5.78. The first kappa shape index (κ1) is 14.3. The average molecular weight is 290 g/mol. The molecule has 20 heavy (non-hydrogen) atoms.